The third kappa shape index (κ3) is 4.71. The van der Waals surface area contributed by atoms with Crippen LogP contribution in [0.15, 0.2) is 0 Å². The quantitative estimate of drug-likeness (QED) is 0.312. The van der Waals surface area contributed by atoms with E-state index in [4.69, 9.17) is 4.74 Å². The van der Waals surface area contributed by atoms with Gasteiger partial charge in [-0.1, -0.05) is 62.3 Å². The fourth-order valence-electron chi connectivity index (χ4n) is 4.30. The van der Waals surface area contributed by atoms with Crippen molar-refractivity contribution in [1.82, 2.24) is 0 Å². The molecule has 0 aromatic heterocycles. The Balaban J connectivity index is 6.16. The number of methoxy groups -OCH3 is 1. The number of aldehydes is 1. The van der Waals surface area contributed by atoms with Gasteiger partial charge in [-0.05, 0) is 42.9 Å². The highest BCUT2D eigenvalue weighted by molar-refractivity contribution is 6.58. The Labute approximate surface area is 174 Å². The predicted molar refractivity (Wildman–Crippen MR) is 118 cm³/mol. The second-order valence-corrected chi connectivity index (χ2v) is 11.8. The Morgan fingerprint density at radius 2 is 1.25 bits per heavy atom. The maximum atomic E-state index is 12.5. The van der Waals surface area contributed by atoms with Crippen LogP contribution in [0.5, 0.6) is 0 Å². The maximum Gasteiger partial charge on any atom is 0.311 e. The first-order valence-electron chi connectivity index (χ1n) is 10.2. The van der Waals surface area contributed by atoms with E-state index in [2.05, 4.69) is 27.7 Å². The molecule has 0 saturated carbocycles. The number of carbonyl (C=O) groups excluding carboxylic acids is 3. The van der Waals surface area contributed by atoms with Crippen LogP contribution in [0.2, 0.25) is 0 Å². The molecule has 0 saturated heterocycles. The molecule has 0 radical (unpaired) electrons. The molecule has 0 aliphatic carbocycles. The predicted octanol–water partition coefficient (Wildman–Crippen LogP) is 4.44. The second kappa shape index (κ2) is 7.95. The van der Waals surface area contributed by atoms with E-state index in [9.17, 15) is 14.4 Å². The summed E-state index contributed by atoms with van der Waals surface area (Å²) in [4.78, 5) is 37.0. The standard InChI is InChI=1S/C23H43BO4/c1-18(2,16(24)26)13-20(5,6)22(9,10)23(11,15-25)14-19(3,4)21(7,8)17(27)28-12/h15H,13-14,24H2,1-12H3. The van der Waals surface area contributed by atoms with Crippen LogP contribution in [0.3, 0.4) is 0 Å². The van der Waals surface area contributed by atoms with Crippen LogP contribution in [0.4, 0.5) is 0 Å². The highest BCUT2D eigenvalue weighted by Crippen LogP contribution is 2.60. The molecule has 0 amide bonds. The highest BCUT2D eigenvalue weighted by Gasteiger charge is 2.56. The molecule has 5 heteroatoms. The van der Waals surface area contributed by atoms with Gasteiger partial charge in [0.05, 0.1) is 18.2 Å². The molecule has 162 valence electrons. The Morgan fingerprint density at radius 1 is 0.821 bits per heavy atom. The number of ether oxygens (including phenoxy) is 1. The van der Waals surface area contributed by atoms with E-state index < -0.39 is 27.1 Å². The Morgan fingerprint density at radius 3 is 1.57 bits per heavy atom. The normalized spacial score (nSPS) is 16.3. The van der Waals surface area contributed by atoms with Gasteiger partial charge in [-0.2, -0.15) is 0 Å². The summed E-state index contributed by atoms with van der Waals surface area (Å²) in [5.74, 6) is -0.277. The van der Waals surface area contributed by atoms with Crippen LogP contribution in [0, 0.1) is 32.5 Å². The zero-order valence-corrected chi connectivity index (χ0v) is 20.6. The van der Waals surface area contributed by atoms with Gasteiger partial charge in [-0.15, -0.1) is 0 Å². The molecular formula is C23H43BO4. The second-order valence-electron chi connectivity index (χ2n) is 11.8. The van der Waals surface area contributed by atoms with E-state index in [1.165, 1.54) is 7.11 Å². The molecule has 0 aromatic carbocycles. The highest BCUT2D eigenvalue weighted by atomic mass is 16.5. The van der Waals surface area contributed by atoms with E-state index in [-0.39, 0.29) is 17.1 Å². The van der Waals surface area contributed by atoms with Gasteiger partial charge in [0.2, 0.25) is 0 Å². The maximum absolute atomic E-state index is 12.5. The Kier molecular flexibility index (Phi) is 7.63. The molecule has 0 rings (SSSR count). The molecule has 0 fully saturated rings. The van der Waals surface area contributed by atoms with Gasteiger partial charge in [0.25, 0.3) is 0 Å². The minimum Gasteiger partial charge on any atom is -0.469 e. The first kappa shape index (κ1) is 26.9. The van der Waals surface area contributed by atoms with Gasteiger partial charge < -0.3 is 14.3 Å². The Bertz CT molecular complexity index is 614. The van der Waals surface area contributed by atoms with Gasteiger partial charge in [-0.3, -0.25) is 4.79 Å². The van der Waals surface area contributed by atoms with Crippen LogP contribution in [0.25, 0.3) is 0 Å². The summed E-state index contributed by atoms with van der Waals surface area (Å²) in [7, 11) is 3.03. The van der Waals surface area contributed by atoms with Gasteiger partial charge in [0.15, 0.2) is 7.85 Å². The SMILES string of the molecule is BC(=O)C(C)(C)CC(C)(C)C(C)(C)C(C)(C=O)CC(C)(C)C(C)(C)C(=O)OC. The van der Waals surface area contributed by atoms with Crippen LogP contribution in [-0.2, 0) is 19.1 Å². The average molecular weight is 394 g/mol. The first-order chi connectivity index (χ1) is 12.1. The number of hydrogen-bond donors (Lipinski definition) is 0. The van der Waals surface area contributed by atoms with Crippen molar-refractivity contribution in [2.24, 2.45) is 32.5 Å². The third-order valence-corrected chi connectivity index (χ3v) is 8.41. The van der Waals surface area contributed by atoms with Gasteiger partial charge in [-0.25, -0.2) is 0 Å². The molecular weight excluding hydrogens is 351 g/mol. The van der Waals surface area contributed by atoms with Crippen LogP contribution in [0.1, 0.15) is 89.0 Å². The van der Waals surface area contributed by atoms with Crippen LogP contribution in [-0.4, -0.2) is 32.9 Å². The molecule has 1 unspecified atom stereocenters. The molecule has 0 N–H and O–H groups in total. The van der Waals surface area contributed by atoms with Crippen molar-refractivity contribution < 1.29 is 19.1 Å². The number of rotatable bonds is 10. The molecule has 0 heterocycles. The lowest BCUT2D eigenvalue weighted by Crippen LogP contribution is -2.53. The summed E-state index contributed by atoms with van der Waals surface area (Å²) in [6, 6.07) is 0. The zero-order chi connectivity index (χ0) is 23.0. The summed E-state index contributed by atoms with van der Waals surface area (Å²) in [5, 5.41) is 0. The molecule has 0 spiro atoms. The molecule has 0 bridgehead atoms. The lowest BCUT2D eigenvalue weighted by Gasteiger charge is -2.56. The van der Waals surface area contributed by atoms with E-state index in [0.29, 0.717) is 12.8 Å². The number of esters is 1. The minimum absolute atomic E-state index is 0.149. The van der Waals surface area contributed by atoms with E-state index in [1.54, 1.807) is 7.85 Å². The van der Waals surface area contributed by atoms with Gasteiger partial charge in [0.1, 0.15) is 6.29 Å². The van der Waals surface area contributed by atoms with E-state index in [0.717, 1.165) is 6.29 Å². The fourth-order valence-corrected chi connectivity index (χ4v) is 4.30. The minimum atomic E-state index is -0.745. The summed E-state index contributed by atoms with van der Waals surface area (Å²) in [5.41, 5.74) is -2.94. The molecule has 28 heavy (non-hydrogen) atoms. The lowest BCUT2D eigenvalue weighted by molar-refractivity contribution is -0.163. The van der Waals surface area contributed by atoms with E-state index in [1.807, 2.05) is 48.5 Å². The van der Waals surface area contributed by atoms with Crippen molar-refractivity contribution in [3.63, 3.8) is 0 Å². The van der Waals surface area contributed by atoms with Gasteiger partial charge in [0, 0.05) is 10.8 Å². The third-order valence-electron chi connectivity index (χ3n) is 8.41. The van der Waals surface area contributed by atoms with Crippen molar-refractivity contribution in [3.05, 3.63) is 0 Å². The molecule has 0 aliphatic rings. The largest absolute Gasteiger partial charge is 0.469 e. The topological polar surface area (TPSA) is 60.4 Å². The summed E-state index contributed by atoms with van der Waals surface area (Å²) in [6.45, 7) is 22.2. The molecule has 0 aromatic rings. The summed E-state index contributed by atoms with van der Waals surface area (Å²) in [6.07, 6.45) is 2.25. The summed E-state index contributed by atoms with van der Waals surface area (Å²) >= 11 is 0. The molecule has 4 nitrogen and oxygen atoms in total. The Hall–Kier alpha value is -1.13. The van der Waals surface area contributed by atoms with Crippen molar-refractivity contribution in [2.75, 3.05) is 7.11 Å². The monoisotopic (exact) mass is 394 g/mol. The van der Waals surface area contributed by atoms with Crippen LogP contribution >= 0.6 is 0 Å². The van der Waals surface area contributed by atoms with E-state index >= 15 is 0 Å². The van der Waals surface area contributed by atoms with Crippen molar-refractivity contribution >= 4 is 25.8 Å². The first-order valence-corrected chi connectivity index (χ1v) is 10.2. The molecule has 0 aliphatic heterocycles. The number of hydrogen-bond acceptors (Lipinski definition) is 4. The fraction of sp³-hybridized carbons (Fsp3) is 0.870. The van der Waals surface area contributed by atoms with Crippen LogP contribution < -0.4 is 0 Å². The average Bonchev–Trinajstić information content (AvgIpc) is 2.51. The van der Waals surface area contributed by atoms with Crippen molar-refractivity contribution in [3.8, 4) is 0 Å². The zero-order valence-electron chi connectivity index (χ0n) is 20.6. The van der Waals surface area contributed by atoms with Gasteiger partial charge >= 0.3 is 5.97 Å². The molecule has 1 atom stereocenters. The summed E-state index contributed by atoms with van der Waals surface area (Å²) < 4.78 is 5.03. The van der Waals surface area contributed by atoms with Crippen molar-refractivity contribution in [2.45, 2.75) is 89.0 Å². The smallest absolute Gasteiger partial charge is 0.311 e. The number of carbonyl (C=O) groups is 3. The lowest BCUT2D eigenvalue weighted by atomic mass is 9.47. The van der Waals surface area contributed by atoms with Crippen molar-refractivity contribution in [1.29, 1.82) is 0 Å².